The van der Waals surface area contributed by atoms with Crippen LogP contribution in [0.1, 0.15) is 38.8 Å². The van der Waals surface area contributed by atoms with E-state index < -0.39 is 17.3 Å². The first-order valence-electron chi connectivity index (χ1n) is 13.1. The van der Waals surface area contributed by atoms with E-state index in [2.05, 4.69) is 58.5 Å². The lowest BCUT2D eigenvalue weighted by Crippen LogP contribution is -2.28. The molecular weight excluding hydrogens is 512 g/mol. The van der Waals surface area contributed by atoms with Crippen molar-refractivity contribution in [1.82, 2.24) is 10.9 Å². The van der Waals surface area contributed by atoms with Crippen molar-refractivity contribution in [2.24, 2.45) is 10.2 Å². The fourth-order valence-electron chi connectivity index (χ4n) is 4.33. The lowest BCUT2D eigenvalue weighted by atomic mass is 10.1. The molecule has 0 radical (unpaired) electrons. The van der Waals surface area contributed by atoms with Crippen LogP contribution >= 0.6 is 0 Å². The molecule has 40 heavy (non-hydrogen) atoms. The second-order valence-corrected chi connectivity index (χ2v) is 8.84. The summed E-state index contributed by atoms with van der Waals surface area (Å²) in [5, 5.41) is 9.03. The van der Waals surface area contributed by atoms with Gasteiger partial charge in [-0.25, -0.2) is 25.2 Å². The molecule has 0 bridgehead atoms. The van der Waals surface area contributed by atoms with Gasteiger partial charge in [0, 0.05) is 60.5 Å². The SMILES string of the molecule is CCN(CC)c1ccc2cc(/C=N/NC(=O)N/N=C/c3cc4ccc(N(CC)CC)cc4oc3=O)c(=O)oc2c1. The number of hydrazone groups is 2. The maximum absolute atomic E-state index is 12.4. The second kappa shape index (κ2) is 12.7. The molecule has 2 aromatic carbocycles. The molecule has 0 saturated carbocycles. The van der Waals surface area contributed by atoms with Crippen molar-refractivity contribution in [3.8, 4) is 0 Å². The van der Waals surface area contributed by atoms with Crippen molar-refractivity contribution in [1.29, 1.82) is 0 Å². The van der Waals surface area contributed by atoms with E-state index in [9.17, 15) is 14.4 Å². The average molecular weight is 545 g/mol. The number of benzene rings is 2. The molecule has 0 saturated heterocycles. The van der Waals surface area contributed by atoms with Crippen LogP contribution in [-0.2, 0) is 0 Å². The number of nitrogens with zero attached hydrogens (tertiary/aromatic N) is 4. The predicted molar refractivity (Wildman–Crippen MR) is 159 cm³/mol. The van der Waals surface area contributed by atoms with Gasteiger partial charge in [-0.1, -0.05) is 0 Å². The summed E-state index contributed by atoms with van der Waals surface area (Å²) in [6.07, 6.45) is 2.38. The molecule has 0 aliphatic heterocycles. The van der Waals surface area contributed by atoms with Crippen LogP contribution in [0.5, 0.6) is 0 Å². The van der Waals surface area contributed by atoms with Gasteiger partial charge in [-0.05, 0) is 64.1 Å². The van der Waals surface area contributed by atoms with Gasteiger partial charge in [0.05, 0.1) is 23.6 Å². The van der Waals surface area contributed by atoms with Crippen LogP contribution in [0.15, 0.2) is 77.2 Å². The number of hydrogen-bond donors (Lipinski definition) is 2. The van der Waals surface area contributed by atoms with Gasteiger partial charge in [-0.3, -0.25) is 0 Å². The number of carbonyl (C=O) groups is 1. The zero-order valence-electron chi connectivity index (χ0n) is 22.9. The normalized spacial score (nSPS) is 11.5. The highest BCUT2D eigenvalue weighted by molar-refractivity contribution is 5.90. The summed E-state index contributed by atoms with van der Waals surface area (Å²) in [5.41, 5.74) is 6.47. The molecule has 0 atom stereocenters. The average Bonchev–Trinajstić information content (AvgIpc) is 2.95. The van der Waals surface area contributed by atoms with Crippen LogP contribution in [0.2, 0.25) is 0 Å². The number of rotatable bonds is 10. The Morgan fingerprint density at radius 2 is 1.10 bits per heavy atom. The van der Waals surface area contributed by atoms with Crippen LogP contribution in [-0.4, -0.2) is 44.6 Å². The van der Waals surface area contributed by atoms with Gasteiger partial charge >= 0.3 is 17.3 Å². The Bertz CT molecular complexity index is 1560. The molecule has 0 aliphatic rings. The van der Waals surface area contributed by atoms with Crippen LogP contribution in [0.3, 0.4) is 0 Å². The van der Waals surface area contributed by atoms with Gasteiger partial charge in [0.2, 0.25) is 0 Å². The molecule has 11 nitrogen and oxygen atoms in total. The van der Waals surface area contributed by atoms with Gasteiger partial charge in [-0.15, -0.1) is 0 Å². The molecular formula is C29H32N6O5. The summed E-state index contributed by atoms with van der Waals surface area (Å²) >= 11 is 0. The minimum Gasteiger partial charge on any atom is -0.422 e. The molecule has 0 aliphatic carbocycles. The third-order valence-corrected chi connectivity index (χ3v) is 6.49. The smallest absolute Gasteiger partial charge is 0.355 e. The Morgan fingerprint density at radius 1 is 0.700 bits per heavy atom. The fourth-order valence-corrected chi connectivity index (χ4v) is 4.33. The van der Waals surface area contributed by atoms with Gasteiger partial charge in [-0.2, -0.15) is 10.2 Å². The summed E-state index contributed by atoms with van der Waals surface area (Å²) in [6.45, 7) is 11.6. The number of urea groups is 1. The Morgan fingerprint density at radius 3 is 1.48 bits per heavy atom. The molecule has 0 spiro atoms. The molecule has 11 heteroatoms. The van der Waals surface area contributed by atoms with E-state index in [-0.39, 0.29) is 11.1 Å². The van der Waals surface area contributed by atoms with Crippen LogP contribution in [0.4, 0.5) is 16.2 Å². The van der Waals surface area contributed by atoms with Crippen LogP contribution in [0.25, 0.3) is 21.9 Å². The van der Waals surface area contributed by atoms with Crippen molar-refractivity contribution in [2.75, 3.05) is 36.0 Å². The molecule has 0 unspecified atom stereocenters. The molecule has 208 valence electrons. The van der Waals surface area contributed by atoms with Crippen molar-refractivity contribution in [3.63, 3.8) is 0 Å². The van der Waals surface area contributed by atoms with E-state index in [4.69, 9.17) is 8.83 Å². The van der Waals surface area contributed by atoms with E-state index in [0.717, 1.165) is 48.3 Å². The monoisotopic (exact) mass is 544 g/mol. The van der Waals surface area contributed by atoms with Crippen LogP contribution < -0.4 is 31.9 Å². The molecule has 2 N–H and O–H groups in total. The van der Waals surface area contributed by atoms with Gasteiger partial charge in [0.15, 0.2) is 0 Å². The number of anilines is 2. The highest BCUT2D eigenvalue weighted by atomic mass is 16.4. The maximum atomic E-state index is 12.4. The van der Waals surface area contributed by atoms with E-state index in [1.165, 1.54) is 12.4 Å². The Labute approximate surface area is 230 Å². The Balaban J connectivity index is 1.39. The second-order valence-electron chi connectivity index (χ2n) is 8.84. The number of hydrogen-bond acceptors (Lipinski definition) is 9. The molecule has 2 heterocycles. The van der Waals surface area contributed by atoms with Gasteiger partial charge in [0.25, 0.3) is 0 Å². The first-order chi connectivity index (χ1) is 19.4. The van der Waals surface area contributed by atoms with Crippen molar-refractivity contribution in [3.05, 3.63) is 80.5 Å². The third-order valence-electron chi connectivity index (χ3n) is 6.49. The van der Waals surface area contributed by atoms with E-state index >= 15 is 0 Å². The molecule has 4 aromatic rings. The summed E-state index contributed by atoms with van der Waals surface area (Å²) in [7, 11) is 0. The minimum atomic E-state index is -0.768. The summed E-state index contributed by atoms with van der Waals surface area (Å²) in [4.78, 5) is 41.2. The van der Waals surface area contributed by atoms with Crippen molar-refractivity contribution in [2.45, 2.75) is 27.7 Å². The maximum Gasteiger partial charge on any atom is 0.355 e. The van der Waals surface area contributed by atoms with E-state index in [1.807, 2.05) is 36.4 Å². The zero-order chi connectivity index (χ0) is 28.6. The van der Waals surface area contributed by atoms with Gasteiger partial charge < -0.3 is 18.6 Å². The zero-order valence-corrected chi connectivity index (χ0v) is 22.9. The summed E-state index contributed by atoms with van der Waals surface area (Å²) < 4.78 is 10.9. The lowest BCUT2D eigenvalue weighted by Gasteiger charge is -2.20. The standard InChI is InChI=1S/C29H32N6O5/c1-5-34(6-2)23-11-9-19-13-21(27(36)39-25(19)15-23)17-30-32-29(38)33-31-18-22-14-20-10-12-24(35(7-3)8-4)16-26(20)40-28(22)37/h9-18H,5-8H2,1-4H3,(H2,32,33,38)/b30-17+,31-18+. The van der Waals surface area contributed by atoms with Crippen molar-refractivity contribution >= 4 is 51.8 Å². The first kappa shape index (κ1) is 28.1. The highest BCUT2D eigenvalue weighted by Crippen LogP contribution is 2.22. The number of carbonyl (C=O) groups excluding carboxylic acids is 1. The molecule has 2 amide bonds. The summed E-state index contributed by atoms with van der Waals surface area (Å²) in [5.74, 6) is 0. The predicted octanol–water partition coefficient (Wildman–Crippen LogP) is 4.26. The fraction of sp³-hybridized carbons (Fsp3) is 0.276. The lowest BCUT2D eigenvalue weighted by molar-refractivity contribution is 0.242. The Hall–Kier alpha value is -4.93. The van der Waals surface area contributed by atoms with Crippen LogP contribution in [0, 0.1) is 0 Å². The summed E-state index contributed by atoms with van der Waals surface area (Å²) in [6, 6.07) is 13.8. The van der Waals surface area contributed by atoms with Gasteiger partial charge in [0.1, 0.15) is 11.2 Å². The molecule has 4 rings (SSSR count). The van der Waals surface area contributed by atoms with Crippen molar-refractivity contribution < 1.29 is 13.6 Å². The topological polar surface area (TPSA) is 133 Å². The quantitative estimate of drug-likeness (QED) is 0.173. The number of nitrogens with one attached hydrogen (secondary N) is 2. The number of fused-ring (bicyclic) bond motifs is 2. The largest absolute Gasteiger partial charge is 0.422 e. The van der Waals surface area contributed by atoms with E-state index in [1.54, 1.807) is 12.1 Å². The molecule has 2 aromatic heterocycles. The highest BCUT2D eigenvalue weighted by Gasteiger charge is 2.09. The Kier molecular flexibility index (Phi) is 8.95. The first-order valence-corrected chi connectivity index (χ1v) is 13.1. The van der Waals surface area contributed by atoms with E-state index in [0.29, 0.717) is 11.2 Å². The third kappa shape index (κ3) is 6.37. The minimum absolute atomic E-state index is 0.171. The number of amides is 2. The molecule has 0 fully saturated rings.